The van der Waals surface area contributed by atoms with Crippen LogP contribution in [0.25, 0.3) is 15.9 Å². The van der Waals surface area contributed by atoms with Gasteiger partial charge in [-0.05, 0) is 55.0 Å². The standard InChI is InChI=1S/C20H20N2O4S2/c1-11-3-8-14-15(9-11)28-18-17(14)19(25)22(20(21-18)27-10-16(23)24)12-4-6-13(26-2)7-5-12/h4-7,11H,3,8-10H2,1-2H3,(H,23,24). The number of nitrogens with zero attached hydrogens (tertiary/aromatic N) is 2. The molecule has 0 bridgehead atoms. The summed E-state index contributed by atoms with van der Waals surface area (Å²) < 4.78 is 6.73. The SMILES string of the molecule is COc1ccc(-n2c(SCC(=O)O)nc3sc4c(c3c2=O)CCC(C)C4)cc1. The van der Waals surface area contributed by atoms with Crippen molar-refractivity contribution >= 4 is 39.3 Å². The minimum Gasteiger partial charge on any atom is -0.497 e. The zero-order chi connectivity index (χ0) is 19.8. The van der Waals surface area contributed by atoms with E-state index in [-0.39, 0.29) is 11.3 Å². The van der Waals surface area contributed by atoms with Crippen molar-refractivity contribution in [2.45, 2.75) is 31.3 Å². The maximum atomic E-state index is 13.5. The molecule has 1 N–H and O–H groups in total. The molecule has 8 heteroatoms. The largest absolute Gasteiger partial charge is 0.497 e. The number of methoxy groups -OCH3 is 1. The van der Waals surface area contributed by atoms with E-state index in [2.05, 4.69) is 6.92 Å². The highest BCUT2D eigenvalue weighted by molar-refractivity contribution is 7.99. The van der Waals surface area contributed by atoms with E-state index < -0.39 is 5.97 Å². The van der Waals surface area contributed by atoms with Crippen molar-refractivity contribution in [1.82, 2.24) is 9.55 Å². The lowest BCUT2D eigenvalue weighted by atomic mass is 9.89. The number of thiophene rings is 1. The number of hydrogen-bond donors (Lipinski definition) is 1. The van der Waals surface area contributed by atoms with E-state index in [9.17, 15) is 9.59 Å². The van der Waals surface area contributed by atoms with Crippen LogP contribution in [0.2, 0.25) is 0 Å². The first kappa shape index (κ1) is 19.0. The number of aryl methyl sites for hydroxylation is 1. The van der Waals surface area contributed by atoms with E-state index in [0.29, 0.717) is 32.7 Å². The van der Waals surface area contributed by atoms with Gasteiger partial charge >= 0.3 is 5.97 Å². The summed E-state index contributed by atoms with van der Waals surface area (Å²) in [4.78, 5) is 31.3. The molecular formula is C20H20N2O4S2. The van der Waals surface area contributed by atoms with Gasteiger partial charge in [-0.3, -0.25) is 14.2 Å². The topological polar surface area (TPSA) is 81.4 Å². The van der Waals surface area contributed by atoms with Crippen LogP contribution in [-0.2, 0) is 17.6 Å². The molecule has 1 aliphatic carbocycles. The summed E-state index contributed by atoms with van der Waals surface area (Å²) in [6, 6.07) is 7.14. The molecule has 2 aromatic heterocycles. The molecule has 0 radical (unpaired) electrons. The van der Waals surface area contributed by atoms with Crippen LogP contribution >= 0.6 is 23.1 Å². The number of rotatable bonds is 5. The molecule has 2 heterocycles. The first-order chi connectivity index (χ1) is 13.5. The number of carbonyl (C=O) groups is 1. The second-order valence-corrected chi connectivity index (χ2v) is 8.97. The van der Waals surface area contributed by atoms with Crippen molar-refractivity contribution in [2.24, 2.45) is 5.92 Å². The summed E-state index contributed by atoms with van der Waals surface area (Å²) >= 11 is 2.63. The first-order valence-electron chi connectivity index (χ1n) is 9.04. The average molecular weight is 417 g/mol. The van der Waals surface area contributed by atoms with Crippen LogP contribution in [0, 0.1) is 5.92 Å². The molecule has 0 saturated heterocycles. The molecule has 0 aliphatic heterocycles. The Kier molecular flexibility index (Phi) is 5.16. The first-order valence-corrected chi connectivity index (χ1v) is 10.8. The molecule has 1 aliphatic rings. The van der Waals surface area contributed by atoms with Gasteiger partial charge in [0, 0.05) is 4.88 Å². The third-order valence-electron chi connectivity index (χ3n) is 4.95. The highest BCUT2D eigenvalue weighted by atomic mass is 32.2. The van der Waals surface area contributed by atoms with E-state index in [1.807, 2.05) is 0 Å². The van der Waals surface area contributed by atoms with Gasteiger partial charge in [0.2, 0.25) is 0 Å². The third kappa shape index (κ3) is 3.42. The number of hydrogen-bond acceptors (Lipinski definition) is 6. The summed E-state index contributed by atoms with van der Waals surface area (Å²) in [6.45, 7) is 2.23. The summed E-state index contributed by atoms with van der Waals surface area (Å²) in [6.07, 6.45) is 2.92. The maximum Gasteiger partial charge on any atom is 0.313 e. The van der Waals surface area contributed by atoms with Gasteiger partial charge in [0.25, 0.3) is 5.56 Å². The normalized spacial score (nSPS) is 16.1. The Morgan fingerprint density at radius 2 is 2.14 bits per heavy atom. The van der Waals surface area contributed by atoms with Crippen molar-refractivity contribution in [3.8, 4) is 11.4 Å². The summed E-state index contributed by atoms with van der Waals surface area (Å²) in [5.74, 6) is 0.189. The monoisotopic (exact) mass is 416 g/mol. The molecule has 0 fully saturated rings. The molecule has 28 heavy (non-hydrogen) atoms. The lowest BCUT2D eigenvalue weighted by Crippen LogP contribution is -2.23. The smallest absolute Gasteiger partial charge is 0.313 e. The molecule has 1 unspecified atom stereocenters. The van der Waals surface area contributed by atoms with Gasteiger partial charge < -0.3 is 9.84 Å². The molecule has 1 aromatic carbocycles. The molecule has 4 rings (SSSR count). The maximum absolute atomic E-state index is 13.5. The predicted molar refractivity (Wildman–Crippen MR) is 111 cm³/mol. The van der Waals surface area contributed by atoms with E-state index in [0.717, 1.165) is 36.6 Å². The van der Waals surface area contributed by atoms with Gasteiger partial charge in [0.05, 0.1) is 23.9 Å². The third-order valence-corrected chi connectivity index (χ3v) is 7.03. The van der Waals surface area contributed by atoms with Crippen molar-refractivity contribution in [3.05, 3.63) is 45.1 Å². The van der Waals surface area contributed by atoms with Crippen LogP contribution in [0.4, 0.5) is 0 Å². The van der Waals surface area contributed by atoms with E-state index >= 15 is 0 Å². The number of aliphatic carboxylic acids is 1. The fourth-order valence-electron chi connectivity index (χ4n) is 3.55. The molecular weight excluding hydrogens is 396 g/mol. The lowest BCUT2D eigenvalue weighted by molar-refractivity contribution is -0.133. The van der Waals surface area contributed by atoms with Gasteiger partial charge in [-0.1, -0.05) is 18.7 Å². The van der Waals surface area contributed by atoms with Crippen molar-refractivity contribution in [2.75, 3.05) is 12.9 Å². The van der Waals surface area contributed by atoms with Gasteiger partial charge in [-0.15, -0.1) is 11.3 Å². The molecule has 0 spiro atoms. The lowest BCUT2D eigenvalue weighted by Gasteiger charge is -2.17. The predicted octanol–water partition coefficient (Wildman–Crippen LogP) is 3.76. The number of carboxylic acid groups (broad SMARTS) is 1. The highest BCUT2D eigenvalue weighted by Gasteiger charge is 2.25. The van der Waals surface area contributed by atoms with E-state index in [4.69, 9.17) is 14.8 Å². The summed E-state index contributed by atoms with van der Waals surface area (Å²) in [5, 5.41) is 10.2. The van der Waals surface area contributed by atoms with Gasteiger partial charge in [-0.2, -0.15) is 0 Å². The fourth-order valence-corrected chi connectivity index (χ4v) is 5.71. The zero-order valence-corrected chi connectivity index (χ0v) is 17.2. The minimum atomic E-state index is -0.945. The Bertz CT molecular complexity index is 1100. The van der Waals surface area contributed by atoms with Crippen molar-refractivity contribution < 1.29 is 14.6 Å². The number of thioether (sulfide) groups is 1. The quantitative estimate of drug-likeness (QED) is 0.504. The number of fused-ring (bicyclic) bond motifs is 3. The Balaban J connectivity index is 1.93. The molecule has 146 valence electrons. The van der Waals surface area contributed by atoms with Crippen LogP contribution in [0.15, 0.2) is 34.2 Å². The summed E-state index contributed by atoms with van der Waals surface area (Å²) in [7, 11) is 1.58. The zero-order valence-electron chi connectivity index (χ0n) is 15.6. The summed E-state index contributed by atoms with van der Waals surface area (Å²) in [5.41, 5.74) is 1.64. The number of carboxylic acids is 1. The Morgan fingerprint density at radius 3 is 2.82 bits per heavy atom. The minimum absolute atomic E-state index is 0.130. The Labute approximate surface area is 170 Å². The van der Waals surface area contributed by atoms with Crippen LogP contribution < -0.4 is 10.3 Å². The van der Waals surface area contributed by atoms with Crippen molar-refractivity contribution in [1.29, 1.82) is 0 Å². The number of benzene rings is 1. The van der Waals surface area contributed by atoms with Gasteiger partial charge in [0.1, 0.15) is 10.6 Å². The van der Waals surface area contributed by atoms with Crippen molar-refractivity contribution in [3.63, 3.8) is 0 Å². The van der Waals surface area contributed by atoms with Crippen LogP contribution in [-0.4, -0.2) is 33.5 Å². The van der Waals surface area contributed by atoms with Crippen LogP contribution in [0.5, 0.6) is 5.75 Å². The van der Waals surface area contributed by atoms with Gasteiger partial charge in [0.15, 0.2) is 5.16 Å². The fraction of sp³-hybridized carbons (Fsp3) is 0.350. The second-order valence-electron chi connectivity index (χ2n) is 6.95. The highest BCUT2D eigenvalue weighted by Crippen LogP contribution is 2.37. The molecule has 0 amide bonds. The average Bonchev–Trinajstić information content (AvgIpc) is 3.04. The number of aromatic nitrogens is 2. The number of ether oxygens (including phenoxy) is 1. The van der Waals surface area contributed by atoms with Crippen LogP contribution in [0.1, 0.15) is 23.8 Å². The molecule has 6 nitrogen and oxygen atoms in total. The Morgan fingerprint density at radius 1 is 1.39 bits per heavy atom. The van der Waals surface area contributed by atoms with Crippen LogP contribution in [0.3, 0.4) is 0 Å². The van der Waals surface area contributed by atoms with E-state index in [1.54, 1.807) is 42.7 Å². The van der Waals surface area contributed by atoms with E-state index in [1.165, 1.54) is 9.44 Å². The molecule has 0 saturated carbocycles. The Hall–Kier alpha value is -2.32. The van der Waals surface area contributed by atoms with Gasteiger partial charge in [-0.25, -0.2) is 4.98 Å². The molecule has 3 aromatic rings. The molecule has 1 atom stereocenters. The second kappa shape index (κ2) is 7.60.